The van der Waals surface area contributed by atoms with Gasteiger partial charge in [0.2, 0.25) is 0 Å². The monoisotopic (exact) mass is 295 g/mol. The molecular formula is C20H25NO. The second-order valence-electron chi connectivity index (χ2n) is 6.31. The van der Waals surface area contributed by atoms with Crippen molar-refractivity contribution in [3.05, 3.63) is 71.8 Å². The highest BCUT2D eigenvalue weighted by Gasteiger charge is 2.36. The summed E-state index contributed by atoms with van der Waals surface area (Å²) in [6, 6.07) is 21.9. The van der Waals surface area contributed by atoms with Crippen LogP contribution in [0, 0.1) is 5.92 Å². The molecule has 22 heavy (non-hydrogen) atoms. The van der Waals surface area contributed by atoms with Crippen LogP contribution < -0.4 is 0 Å². The van der Waals surface area contributed by atoms with Crippen molar-refractivity contribution in [2.24, 2.45) is 5.92 Å². The molecule has 1 aliphatic rings. The molecule has 1 aliphatic heterocycles. The van der Waals surface area contributed by atoms with Gasteiger partial charge in [-0.1, -0.05) is 60.7 Å². The molecule has 1 heterocycles. The van der Waals surface area contributed by atoms with Crippen molar-refractivity contribution in [3.8, 4) is 0 Å². The molecule has 3 rings (SSSR count). The minimum absolute atomic E-state index is 0.245. The van der Waals surface area contributed by atoms with Crippen LogP contribution in [0.25, 0.3) is 0 Å². The van der Waals surface area contributed by atoms with Crippen LogP contribution in [0.5, 0.6) is 0 Å². The maximum atomic E-state index is 9.94. The van der Waals surface area contributed by atoms with E-state index in [4.69, 9.17) is 0 Å². The predicted octanol–water partition coefficient (Wildman–Crippen LogP) is 3.67. The molecule has 2 aromatic carbocycles. The summed E-state index contributed by atoms with van der Waals surface area (Å²) in [5.41, 5.74) is 2.71. The molecule has 3 atom stereocenters. The Kier molecular flexibility index (Phi) is 4.91. The molecule has 1 fully saturated rings. The van der Waals surface area contributed by atoms with Crippen molar-refractivity contribution in [2.75, 3.05) is 13.2 Å². The predicted molar refractivity (Wildman–Crippen MR) is 90.7 cm³/mol. The highest BCUT2D eigenvalue weighted by atomic mass is 16.3. The lowest BCUT2D eigenvalue weighted by Crippen LogP contribution is -2.38. The van der Waals surface area contributed by atoms with Gasteiger partial charge in [-0.2, -0.15) is 0 Å². The Morgan fingerprint density at radius 1 is 1.05 bits per heavy atom. The van der Waals surface area contributed by atoms with Gasteiger partial charge in [0.1, 0.15) is 0 Å². The maximum Gasteiger partial charge on any atom is 0.0589 e. The van der Waals surface area contributed by atoms with Gasteiger partial charge in [0, 0.05) is 12.1 Å². The van der Waals surface area contributed by atoms with Crippen LogP contribution in [0.1, 0.15) is 30.5 Å². The number of nitrogens with zero attached hydrogens (tertiary/aromatic N) is 1. The number of aliphatic hydroxyl groups excluding tert-OH is 1. The standard InChI is InChI=1S/C20H25NO/c1-16(18-10-6-3-7-11-18)21-13-12-19(20(21)15-22)14-17-8-4-2-5-9-17/h2-11,16,19-20,22H,12-15H2,1H3/t16-,19-,20+/m1/s1. The van der Waals surface area contributed by atoms with E-state index in [1.165, 1.54) is 11.1 Å². The quantitative estimate of drug-likeness (QED) is 0.909. The normalized spacial score (nSPS) is 23.5. The lowest BCUT2D eigenvalue weighted by molar-refractivity contribution is 0.105. The second kappa shape index (κ2) is 7.08. The van der Waals surface area contributed by atoms with Crippen LogP contribution in [0.4, 0.5) is 0 Å². The smallest absolute Gasteiger partial charge is 0.0589 e. The fourth-order valence-corrected chi connectivity index (χ4v) is 3.76. The van der Waals surface area contributed by atoms with Crippen molar-refractivity contribution in [1.82, 2.24) is 4.90 Å². The summed E-state index contributed by atoms with van der Waals surface area (Å²) in [5, 5.41) is 9.94. The summed E-state index contributed by atoms with van der Waals surface area (Å²) >= 11 is 0. The molecule has 0 spiro atoms. The van der Waals surface area contributed by atoms with Gasteiger partial charge in [-0.25, -0.2) is 0 Å². The van der Waals surface area contributed by atoms with Crippen LogP contribution >= 0.6 is 0 Å². The first-order valence-electron chi connectivity index (χ1n) is 8.25. The van der Waals surface area contributed by atoms with Gasteiger partial charge in [-0.05, 0) is 43.4 Å². The fourth-order valence-electron chi connectivity index (χ4n) is 3.76. The number of likely N-dealkylation sites (tertiary alicyclic amines) is 1. The summed E-state index contributed by atoms with van der Waals surface area (Å²) < 4.78 is 0. The first-order valence-corrected chi connectivity index (χ1v) is 8.25. The largest absolute Gasteiger partial charge is 0.395 e. The van der Waals surface area contributed by atoms with Gasteiger partial charge in [0.05, 0.1) is 6.61 Å². The minimum atomic E-state index is 0.245. The molecule has 0 saturated carbocycles. The molecular weight excluding hydrogens is 270 g/mol. The van der Waals surface area contributed by atoms with Crippen LogP contribution in [0.3, 0.4) is 0 Å². The lowest BCUT2D eigenvalue weighted by Gasteiger charge is -2.32. The molecule has 2 heteroatoms. The third kappa shape index (κ3) is 3.23. The van der Waals surface area contributed by atoms with E-state index in [1.54, 1.807) is 0 Å². The highest BCUT2D eigenvalue weighted by Crippen LogP contribution is 2.34. The van der Waals surface area contributed by atoms with Crippen molar-refractivity contribution in [3.63, 3.8) is 0 Å². The van der Waals surface area contributed by atoms with E-state index in [1.807, 2.05) is 0 Å². The third-order valence-corrected chi connectivity index (χ3v) is 5.04. The van der Waals surface area contributed by atoms with Crippen LogP contribution in [-0.4, -0.2) is 29.2 Å². The van der Waals surface area contributed by atoms with E-state index in [0.29, 0.717) is 12.0 Å². The maximum absolute atomic E-state index is 9.94. The van der Waals surface area contributed by atoms with Gasteiger partial charge >= 0.3 is 0 Å². The third-order valence-electron chi connectivity index (χ3n) is 5.04. The number of benzene rings is 2. The SMILES string of the molecule is C[C@H](c1ccccc1)N1CC[C@H](Cc2ccccc2)[C@@H]1CO. The molecule has 0 radical (unpaired) electrons. The minimum Gasteiger partial charge on any atom is -0.395 e. The van der Waals surface area contributed by atoms with E-state index in [2.05, 4.69) is 72.5 Å². The lowest BCUT2D eigenvalue weighted by atomic mass is 9.92. The fraction of sp³-hybridized carbons (Fsp3) is 0.400. The van der Waals surface area contributed by atoms with Crippen LogP contribution in [-0.2, 0) is 6.42 Å². The van der Waals surface area contributed by atoms with Crippen molar-refractivity contribution < 1.29 is 5.11 Å². The molecule has 0 aliphatic carbocycles. The zero-order chi connectivity index (χ0) is 15.4. The molecule has 0 unspecified atom stereocenters. The van der Waals surface area contributed by atoms with E-state index < -0.39 is 0 Å². The summed E-state index contributed by atoms with van der Waals surface area (Å²) in [4.78, 5) is 2.48. The van der Waals surface area contributed by atoms with Crippen molar-refractivity contribution in [1.29, 1.82) is 0 Å². The van der Waals surface area contributed by atoms with Crippen molar-refractivity contribution >= 4 is 0 Å². The van der Waals surface area contributed by atoms with Crippen LogP contribution in [0.2, 0.25) is 0 Å². The molecule has 0 amide bonds. The van der Waals surface area contributed by atoms with Gasteiger partial charge in [0.15, 0.2) is 0 Å². The molecule has 2 aromatic rings. The van der Waals surface area contributed by atoms with Gasteiger partial charge < -0.3 is 5.11 Å². The second-order valence-corrected chi connectivity index (χ2v) is 6.31. The van der Waals surface area contributed by atoms with E-state index in [0.717, 1.165) is 19.4 Å². The van der Waals surface area contributed by atoms with Gasteiger partial charge in [0.25, 0.3) is 0 Å². The first-order chi connectivity index (χ1) is 10.8. The molecule has 1 saturated heterocycles. The zero-order valence-electron chi connectivity index (χ0n) is 13.2. The average molecular weight is 295 g/mol. The molecule has 0 bridgehead atoms. The molecule has 1 N–H and O–H groups in total. The Hall–Kier alpha value is -1.64. The van der Waals surface area contributed by atoms with Crippen molar-refractivity contribution in [2.45, 2.75) is 31.8 Å². The zero-order valence-corrected chi connectivity index (χ0v) is 13.2. The molecule has 116 valence electrons. The Morgan fingerprint density at radius 2 is 1.68 bits per heavy atom. The van der Waals surface area contributed by atoms with E-state index >= 15 is 0 Å². The molecule has 2 nitrogen and oxygen atoms in total. The number of rotatable bonds is 5. The summed E-state index contributed by atoms with van der Waals surface area (Å²) in [6.07, 6.45) is 2.22. The Morgan fingerprint density at radius 3 is 2.32 bits per heavy atom. The Labute approximate surface area is 133 Å². The topological polar surface area (TPSA) is 23.5 Å². The summed E-state index contributed by atoms with van der Waals surface area (Å²) in [7, 11) is 0. The average Bonchev–Trinajstić information content (AvgIpc) is 2.98. The number of hydrogen-bond donors (Lipinski definition) is 1. The number of hydrogen-bond acceptors (Lipinski definition) is 2. The molecule has 0 aromatic heterocycles. The van der Waals surface area contributed by atoms with Gasteiger partial charge in [-0.3, -0.25) is 4.90 Å². The van der Waals surface area contributed by atoms with Crippen LogP contribution in [0.15, 0.2) is 60.7 Å². The summed E-state index contributed by atoms with van der Waals surface area (Å²) in [5.74, 6) is 0.540. The Balaban J connectivity index is 1.72. The van der Waals surface area contributed by atoms with Gasteiger partial charge in [-0.15, -0.1) is 0 Å². The first kappa shape index (κ1) is 15.3. The van der Waals surface area contributed by atoms with E-state index in [9.17, 15) is 5.11 Å². The number of aliphatic hydroxyl groups is 1. The van der Waals surface area contributed by atoms with E-state index in [-0.39, 0.29) is 12.6 Å². The Bertz CT molecular complexity index is 569. The summed E-state index contributed by atoms with van der Waals surface area (Å²) in [6.45, 7) is 3.57. The highest BCUT2D eigenvalue weighted by molar-refractivity contribution is 5.20.